The third-order valence-corrected chi connectivity index (χ3v) is 4.77. The fourth-order valence-electron chi connectivity index (χ4n) is 3.37. The van der Waals surface area contributed by atoms with Crippen molar-refractivity contribution < 1.29 is 9.59 Å². The number of nitriles is 1. The second kappa shape index (κ2) is 6.89. The van der Waals surface area contributed by atoms with E-state index in [4.69, 9.17) is 5.26 Å². The van der Waals surface area contributed by atoms with E-state index in [1.807, 2.05) is 41.1 Å². The molecule has 2 amide bonds. The average molecular weight is 356 g/mol. The molecule has 0 radical (unpaired) electrons. The maximum absolute atomic E-state index is 11.9. The van der Waals surface area contributed by atoms with E-state index in [9.17, 15) is 9.59 Å². The zero-order chi connectivity index (χ0) is 18.8. The highest BCUT2D eigenvalue weighted by atomic mass is 16.2. The number of aromatic nitrogens is 2. The van der Waals surface area contributed by atoms with Gasteiger partial charge in [0.15, 0.2) is 0 Å². The van der Waals surface area contributed by atoms with Gasteiger partial charge in [-0.3, -0.25) is 14.9 Å². The first-order valence-corrected chi connectivity index (χ1v) is 8.59. The number of nitrogens with zero attached hydrogens (tertiary/aromatic N) is 3. The molecule has 6 heteroatoms. The molecule has 0 fully saturated rings. The number of hydrogen-bond acceptors (Lipinski definition) is 4. The molecule has 1 unspecified atom stereocenters. The number of imide groups is 1. The van der Waals surface area contributed by atoms with Gasteiger partial charge < -0.3 is 4.57 Å². The fourth-order valence-corrected chi connectivity index (χ4v) is 3.37. The summed E-state index contributed by atoms with van der Waals surface area (Å²) >= 11 is 0. The van der Waals surface area contributed by atoms with Crippen LogP contribution >= 0.6 is 0 Å². The molecule has 2 aromatic carbocycles. The van der Waals surface area contributed by atoms with Crippen LogP contribution in [0.4, 0.5) is 0 Å². The van der Waals surface area contributed by atoms with Crippen molar-refractivity contribution in [3.8, 4) is 6.07 Å². The van der Waals surface area contributed by atoms with Crippen molar-refractivity contribution in [1.29, 1.82) is 5.26 Å². The van der Waals surface area contributed by atoms with Crippen molar-refractivity contribution >= 4 is 11.8 Å². The Bertz CT molecular complexity index is 1050. The summed E-state index contributed by atoms with van der Waals surface area (Å²) in [4.78, 5) is 27.8. The van der Waals surface area contributed by atoms with Gasteiger partial charge in [-0.25, -0.2) is 4.98 Å². The molecule has 3 aromatic rings. The Kier molecular flexibility index (Phi) is 4.27. The lowest BCUT2D eigenvalue weighted by molar-refractivity contribution is 0.0879. The van der Waals surface area contributed by atoms with E-state index in [1.54, 1.807) is 24.7 Å². The Morgan fingerprint density at radius 1 is 1.00 bits per heavy atom. The van der Waals surface area contributed by atoms with E-state index < -0.39 is 0 Å². The van der Waals surface area contributed by atoms with Gasteiger partial charge in [0.1, 0.15) is 0 Å². The summed E-state index contributed by atoms with van der Waals surface area (Å²) < 4.78 is 2.04. The quantitative estimate of drug-likeness (QED) is 0.712. The summed E-state index contributed by atoms with van der Waals surface area (Å²) in [6.45, 7) is 0. The molecule has 0 aliphatic carbocycles. The van der Waals surface area contributed by atoms with Crippen molar-refractivity contribution in [2.45, 2.75) is 18.9 Å². The van der Waals surface area contributed by atoms with Crippen LogP contribution in [0.5, 0.6) is 0 Å². The highest BCUT2D eigenvalue weighted by molar-refractivity contribution is 6.21. The number of amides is 2. The third kappa shape index (κ3) is 3.35. The number of carbonyl (C=O) groups excluding carboxylic acids is 2. The van der Waals surface area contributed by atoms with Crippen LogP contribution in [0.1, 0.15) is 43.4 Å². The van der Waals surface area contributed by atoms with E-state index in [0.29, 0.717) is 23.1 Å². The van der Waals surface area contributed by atoms with Gasteiger partial charge in [-0.2, -0.15) is 5.26 Å². The largest absolute Gasteiger partial charge is 0.334 e. The summed E-state index contributed by atoms with van der Waals surface area (Å²) in [5.41, 5.74) is 3.58. The highest BCUT2D eigenvalue weighted by Gasteiger charge is 2.27. The number of imidazole rings is 1. The normalized spacial score (nSPS) is 13.7. The zero-order valence-corrected chi connectivity index (χ0v) is 14.4. The van der Waals surface area contributed by atoms with Crippen LogP contribution in [0.15, 0.2) is 61.2 Å². The Morgan fingerprint density at radius 3 is 2.41 bits per heavy atom. The van der Waals surface area contributed by atoms with Crippen LogP contribution in [0, 0.1) is 11.3 Å². The first-order valence-electron chi connectivity index (χ1n) is 8.59. The summed E-state index contributed by atoms with van der Waals surface area (Å²) in [6.07, 6.45) is 6.87. The lowest BCUT2D eigenvalue weighted by Gasteiger charge is -2.19. The van der Waals surface area contributed by atoms with Gasteiger partial charge in [-0.1, -0.05) is 18.2 Å². The van der Waals surface area contributed by atoms with E-state index in [0.717, 1.165) is 17.5 Å². The first kappa shape index (κ1) is 16.7. The molecule has 4 rings (SSSR count). The number of fused-ring (bicyclic) bond motifs is 1. The Hall–Kier alpha value is -3.72. The van der Waals surface area contributed by atoms with Gasteiger partial charge >= 0.3 is 0 Å². The van der Waals surface area contributed by atoms with Gasteiger partial charge in [-0.05, 0) is 48.2 Å². The Balaban J connectivity index is 1.61. The minimum atomic E-state index is -0.344. The number of carbonyl (C=O) groups is 2. The predicted octanol–water partition coefficient (Wildman–Crippen LogP) is 2.66. The molecule has 132 valence electrons. The molecule has 0 bridgehead atoms. The predicted molar refractivity (Wildman–Crippen MR) is 98.1 cm³/mol. The van der Waals surface area contributed by atoms with Crippen LogP contribution in [-0.2, 0) is 12.8 Å². The van der Waals surface area contributed by atoms with Crippen molar-refractivity contribution in [2.75, 3.05) is 0 Å². The molecule has 2 heterocycles. The van der Waals surface area contributed by atoms with E-state index in [1.165, 1.54) is 0 Å². The minimum Gasteiger partial charge on any atom is -0.334 e. The maximum atomic E-state index is 11.9. The van der Waals surface area contributed by atoms with Gasteiger partial charge in [0, 0.05) is 18.4 Å². The van der Waals surface area contributed by atoms with Gasteiger partial charge in [0.25, 0.3) is 11.8 Å². The molecule has 1 aromatic heterocycles. The van der Waals surface area contributed by atoms with Crippen molar-refractivity contribution in [3.05, 3.63) is 89.0 Å². The molecule has 0 saturated heterocycles. The van der Waals surface area contributed by atoms with E-state index in [-0.39, 0.29) is 17.9 Å². The second-order valence-corrected chi connectivity index (χ2v) is 6.54. The Labute approximate surface area is 156 Å². The maximum Gasteiger partial charge on any atom is 0.258 e. The molecule has 1 atom stereocenters. The highest BCUT2D eigenvalue weighted by Crippen LogP contribution is 2.23. The topological polar surface area (TPSA) is 87.8 Å². The summed E-state index contributed by atoms with van der Waals surface area (Å²) in [5, 5.41) is 11.3. The summed E-state index contributed by atoms with van der Waals surface area (Å²) in [6, 6.07) is 15.1. The third-order valence-electron chi connectivity index (χ3n) is 4.77. The molecule has 1 N–H and O–H groups in total. The minimum absolute atomic E-state index is 0.0960. The summed E-state index contributed by atoms with van der Waals surface area (Å²) in [7, 11) is 0. The zero-order valence-electron chi connectivity index (χ0n) is 14.4. The molecule has 27 heavy (non-hydrogen) atoms. The molecule has 1 aliphatic heterocycles. The molecule has 0 spiro atoms. The van der Waals surface area contributed by atoms with Gasteiger partial charge in [0.05, 0.1) is 29.1 Å². The average Bonchev–Trinajstić information content (AvgIpc) is 3.31. The number of hydrogen-bond donors (Lipinski definition) is 1. The number of benzene rings is 2. The molecule has 6 nitrogen and oxygen atoms in total. The molecule has 1 aliphatic rings. The first-order chi connectivity index (χ1) is 13.1. The van der Waals surface area contributed by atoms with Crippen molar-refractivity contribution in [2.24, 2.45) is 0 Å². The summed E-state index contributed by atoms with van der Waals surface area (Å²) in [5.74, 6) is -0.687. The van der Waals surface area contributed by atoms with Crippen LogP contribution in [0.25, 0.3) is 0 Å². The number of rotatable bonds is 5. The lowest BCUT2D eigenvalue weighted by Crippen LogP contribution is -2.19. The lowest BCUT2D eigenvalue weighted by atomic mass is 9.96. The Morgan fingerprint density at radius 2 is 1.70 bits per heavy atom. The van der Waals surface area contributed by atoms with Gasteiger partial charge in [0.2, 0.25) is 0 Å². The van der Waals surface area contributed by atoms with Crippen molar-refractivity contribution in [1.82, 2.24) is 14.9 Å². The monoisotopic (exact) mass is 356 g/mol. The SMILES string of the molecule is N#Cc1ccc(CC(Cc2ccc3c(c2)C(=O)NC3=O)n2ccnc2)cc1. The smallest absolute Gasteiger partial charge is 0.258 e. The van der Waals surface area contributed by atoms with Crippen molar-refractivity contribution in [3.63, 3.8) is 0 Å². The molecular formula is C21H16N4O2. The fraction of sp³-hybridized carbons (Fsp3) is 0.143. The van der Waals surface area contributed by atoms with Crippen LogP contribution < -0.4 is 5.32 Å². The van der Waals surface area contributed by atoms with Crippen LogP contribution in [0.3, 0.4) is 0 Å². The second-order valence-electron chi connectivity index (χ2n) is 6.54. The van der Waals surface area contributed by atoms with Gasteiger partial charge in [-0.15, -0.1) is 0 Å². The van der Waals surface area contributed by atoms with E-state index >= 15 is 0 Å². The van der Waals surface area contributed by atoms with E-state index in [2.05, 4.69) is 16.4 Å². The number of nitrogens with one attached hydrogen (secondary N) is 1. The molecular weight excluding hydrogens is 340 g/mol. The van der Waals surface area contributed by atoms with Crippen LogP contribution in [-0.4, -0.2) is 21.4 Å². The van der Waals surface area contributed by atoms with Crippen LogP contribution in [0.2, 0.25) is 0 Å². The standard InChI is InChI=1S/C21H16N4O2/c22-12-15-3-1-14(2-4-15)9-17(25-8-7-23-13-25)10-16-5-6-18-19(11-16)21(27)24-20(18)26/h1-8,11,13,17H,9-10H2,(H,24,26,27). The molecule has 0 saturated carbocycles.